The Hall–Kier alpha value is -1.33. The van der Waals surface area contributed by atoms with Crippen molar-refractivity contribution in [2.45, 2.75) is 31.8 Å². The molecule has 2 aliphatic rings. The molecule has 1 aromatic rings. The fraction of sp³-hybridized carbons (Fsp3) is 0.667. The summed E-state index contributed by atoms with van der Waals surface area (Å²) < 4.78 is 5.38. The van der Waals surface area contributed by atoms with Crippen LogP contribution in [-0.4, -0.2) is 54.5 Å². The van der Waals surface area contributed by atoms with E-state index < -0.39 is 0 Å². The van der Waals surface area contributed by atoms with E-state index in [1.165, 1.54) is 0 Å². The van der Waals surface area contributed by atoms with Gasteiger partial charge < -0.3 is 14.6 Å². The monoisotopic (exact) mass is 277 g/mol. The Labute approximate surface area is 119 Å². The van der Waals surface area contributed by atoms with Crippen LogP contribution in [0.3, 0.4) is 0 Å². The van der Waals surface area contributed by atoms with E-state index in [0.29, 0.717) is 19.1 Å². The van der Waals surface area contributed by atoms with Gasteiger partial charge in [0.05, 0.1) is 19.4 Å². The number of hydrogen-bond donors (Lipinski definition) is 1. The SMILES string of the molecule is O=C(CN1CCCNCC1)N(Cc1ccco1)C1CC1. The van der Waals surface area contributed by atoms with Crippen molar-refractivity contribution in [2.24, 2.45) is 0 Å². The van der Waals surface area contributed by atoms with Crippen LogP contribution in [-0.2, 0) is 11.3 Å². The van der Waals surface area contributed by atoms with Crippen LogP contribution in [0, 0.1) is 0 Å². The van der Waals surface area contributed by atoms with Gasteiger partial charge in [0, 0.05) is 19.1 Å². The molecule has 1 saturated carbocycles. The molecule has 0 atom stereocenters. The average molecular weight is 277 g/mol. The maximum atomic E-state index is 12.6. The summed E-state index contributed by atoms with van der Waals surface area (Å²) in [5, 5.41) is 3.37. The highest BCUT2D eigenvalue weighted by atomic mass is 16.3. The fourth-order valence-corrected chi connectivity index (χ4v) is 2.72. The first-order valence-corrected chi connectivity index (χ1v) is 7.58. The Morgan fingerprint density at radius 1 is 1.40 bits per heavy atom. The van der Waals surface area contributed by atoms with Crippen LogP contribution in [0.2, 0.25) is 0 Å². The van der Waals surface area contributed by atoms with Crippen LogP contribution in [0.15, 0.2) is 22.8 Å². The largest absolute Gasteiger partial charge is 0.467 e. The molecular formula is C15H23N3O2. The van der Waals surface area contributed by atoms with Crippen molar-refractivity contribution < 1.29 is 9.21 Å². The number of nitrogens with one attached hydrogen (secondary N) is 1. The summed E-state index contributed by atoms with van der Waals surface area (Å²) in [6.07, 6.45) is 5.06. The second-order valence-corrected chi connectivity index (χ2v) is 5.71. The number of carbonyl (C=O) groups is 1. The maximum Gasteiger partial charge on any atom is 0.237 e. The van der Waals surface area contributed by atoms with Crippen molar-refractivity contribution in [3.05, 3.63) is 24.2 Å². The van der Waals surface area contributed by atoms with Gasteiger partial charge in [-0.1, -0.05) is 0 Å². The van der Waals surface area contributed by atoms with Gasteiger partial charge in [0.25, 0.3) is 0 Å². The maximum absolute atomic E-state index is 12.6. The molecule has 2 heterocycles. The summed E-state index contributed by atoms with van der Waals surface area (Å²) >= 11 is 0. The minimum absolute atomic E-state index is 0.241. The molecule has 1 amide bonds. The van der Waals surface area contributed by atoms with E-state index in [1.807, 2.05) is 17.0 Å². The molecule has 1 aliphatic carbocycles. The third kappa shape index (κ3) is 3.61. The number of furan rings is 1. The molecule has 5 nitrogen and oxygen atoms in total. The van der Waals surface area contributed by atoms with Crippen LogP contribution in [0.25, 0.3) is 0 Å². The lowest BCUT2D eigenvalue weighted by molar-refractivity contribution is -0.133. The van der Waals surface area contributed by atoms with Crippen molar-refractivity contribution in [2.75, 3.05) is 32.7 Å². The highest BCUT2D eigenvalue weighted by molar-refractivity contribution is 5.78. The van der Waals surface area contributed by atoms with Gasteiger partial charge in [0.2, 0.25) is 5.91 Å². The number of hydrogen-bond acceptors (Lipinski definition) is 4. The molecule has 5 heteroatoms. The Bertz CT molecular complexity index is 420. The van der Waals surface area contributed by atoms with Gasteiger partial charge in [-0.05, 0) is 44.5 Å². The molecule has 0 spiro atoms. The van der Waals surface area contributed by atoms with Crippen molar-refractivity contribution in [1.29, 1.82) is 0 Å². The molecule has 3 rings (SSSR count). The van der Waals surface area contributed by atoms with Crippen molar-refractivity contribution >= 4 is 5.91 Å². The van der Waals surface area contributed by atoms with E-state index in [4.69, 9.17) is 4.42 Å². The normalized spacial score (nSPS) is 20.6. The quantitative estimate of drug-likeness (QED) is 0.874. The van der Waals surface area contributed by atoms with Crippen molar-refractivity contribution in [3.8, 4) is 0 Å². The number of amides is 1. The van der Waals surface area contributed by atoms with Crippen molar-refractivity contribution in [1.82, 2.24) is 15.1 Å². The van der Waals surface area contributed by atoms with Gasteiger partial charge in [0.1, 0.15) is 5.76 Å². The third-order valence-corrected chi connectivity index (χ3v) is 4.01. The van der Waals surface area contributed by atoms with E-state index in [9.17, 15) is 4.79 Å². The van der Waals surface area contributed by atoms with Gasteiger partial charge in [-0.25, -0.2) is 0 Å². The molecule has 1 saturated heterocycles. The van der Waals surface area contributed by atoms with Gasteiger partial charge in [0.15, 0.2) is 0 Å². The van der Waals surface area contributed by atoms with Gasteiger partial charge in [-0.2, -0.15) is 0 Å². The summed E-state index contributed by atoms with van der Waals surface area (Å²) in [6.45, 7) is 5.17. The highest BCUT2D eigenvalue weighted by Gasteiger charge is 2.33. The van der Waals surface area contributed by atoms with Crippen LogP contribution < -0.4 is 5.32 Å². The number of rotatable bonds is 5. The molecule has 1 aromatic heterocycles. The van der Waals surface area contributed by atoms with Crippen LogP contribution in [0.5, 0.6) is 0 Å². The molecule has 1 aliphatic heterocycles. The lowest BCUT2D eigenvalue weighted by Gasteiger charge is -2.26. The highest BCUT2D eigenvalue weighted by Crippen LogP contribution is 2.28. The second kappa shape index (κ2) is 6.41. The van der Waals surface area contributed by atoms with Gasteiger partial charge in [-0.15, -0.1) is 0 Å². The number of carbonyl (C=O) groups excluding carboxylic acids is 1. The lowest BCUT2D eigenvalue weighted by Crippen LogP contribution is -2.42. The molecular weight excluding hydrogens is 254 g/mol. The minimum Gasteiger partial charge on any atom is -0.467 e. The first-order valence-electron chi connectivity index (χ1n) is 7.58. The van der Waals surface area contributed by atoms with Crippen LogP contribution in [0.1, 0.15) is 25.0 Å². The second-order valence-electron chi connectivity index (χ2n) is 5.71. The number of nitrogens with zero attached hydrogens (tertiary/aromatic N) is 2. The molecule has 0 bridgehead atoms. The van der Waals surface area contributed by atoms with Gasteiger partial charge >= 0.3 is 0 Å². The van der Waals surface area contributed by atoms with Crippen LogP contribution in [0.4, 0.5) is 0 Å². The predicted molar refractivity (Wildman–Crippen MR) is 76.2 cm³/mol. The van der Waals surface area contributed by atoms with Crippen LogP contribution >= 0.6 is 0 Å². The Morgan fingerprint density at radius 2 is 2.30 bits per heavy atom. The first kappa shape index (κ1) is 13.6. The smallest absolute Gasteiger partial charge is 0.237 e. The minimum atomic E-state index is 0.241. The average Bonchev–Trinajstić information content (AvgIpc) is 3.21. The summed E-state index contributed by atoms with van der Waals surface area (Å²) in [5.74, 6) is 1.12. The van der Waals surface area contributed by atoms with E-state index in [-0.39, 0.29) is 5.91 Å². The third-order valence-electron chi connectivity index (χ3n) is 4.01. The Kier molecular flexibility index (Phi) is 4.38. The van der Waals surface area contributed by atoms with E-state index >= 15 is 0 Å². The molecule has 2 fully saturated rings. The lowest BCUT2D eigenvalue weighted by atomic mass is 10.3. The zero-order valence-electron chi connectivity index (χ0n) is 11.9. The van der Waals surface area contributed by atoms with Crippen molar-refractivity contribution in [3.63, 3.8) is 0 Å². The zero-order valence-corrected chi connectivity index (χ0v) is 11.9. The fourth-order valence-electron chi connectivity index (χ4n) is 2.72. The molecule has 1 N–H and O–H groups in total. The predicted octanol–water partition coefficient (Wildman–Crippen LogP) is 1.07. The Morgan fingerprint density at radius 3 is 3.05 bits per heavy atom. The zero-order chi connectivity index (χ0) is 13.8. The Balaban J connectivity index is 1.57. The van der Waals surface area contributed by atoms with E-state index in [1.54, 1.807) is 6.26 Å². The van der Waals surface area contributed by atoms with E-state index in [2.05, 4.69) is 10.2 Å². The molecule has 0 aromatic carbocycles. The molecule has 20 heavy (non-hydrogen) atoms. The molecule has 110 valence electrons. The summed E-state index contributed by atoms with van der Waals surface area (Å²) in [5.41, 5.74) is 0. The standard InChI is InChI=1S/C15H23N3O2/c19-15(12-17-8-2-6-16-7-9-17)18(13-4-5-13)11-14-3-1-10-20-14/h1,3,10,13,16H,2,4-9,11-12H2. The summed E-state index contributed by atoms with van der Waals surface area (Å²) in [6, 6.07) is 4.25. The summed E-state index contributed by atoms with van der Waals surface area (Å²) in [4.78, 5) is 16.8. The topological polar surface area (TPSA) is 48.7 Å². The van der Waals surface area contributed by atoms with E-state index in [0.717, 1.165) is 51.2 Å². The first-order chi connectivity index (χ1) is 9.83. The molecule has 0 unspecified atom stereocenters. The van der Waals surface area contributed by atoms with Gasteiger partial charge in [-0.3, -0.25) is 9.69 Å². The summed E-state index contributed by atoms with van der Waals surface area (Å²) in [7, 11) is 0. The molecule has 0 radical (unpaired) electrons.